The fraction of sp³-hybridized carbons (Fsp3) is 0.400. The third-order valence-electron chi connectivity index (χ3n) is 1.80. The van der Waals surface area contributed by atoms with E-state index in [1.165, 1.54) is 5.56 Å². The first-order valence-corrected chi connectivity index (χ1v) is 4.39. The lowest BCUT2D eigenvalue weighted by atomic mass is 10.2. The first-order valence-electron chi connectivity index (χ1n) is 4.39. The van der Waals surface area contributed by atoms with Crippen LogP contribution in [0.3, 0.4) is 0 Å². The van der Waals surface area contributed by atoms with Gasteiger partial charge < -0.3 is 15.6 Å². The van der Waals surface area contributed by atoms with Gasteiger partial charge in [0, 0.05) is 0 Å². The molecule has 0 amide bonds. The molecule has 0 radical (unpaired) electrons. The molecule has 1 atom stereocenters. The molecule has 1 rings (SSSR count). The summed E-state index contributed by atoms with van der Waals surface area (Å²) in [6.45, 7) is 2.81. The SMILES string of the molecule is Cc1ccc(OC[C@H](O)C[NH3+])cc1. The Morgan fingerprint density at radius 1 is 1.38 bits per heavy atom. The molecule has 0 fully saturated rings. The number of aryl methyl sites for hydroxylation is 1. The summed E-state index contributed by atoms with van der Waals surface area (Å²) >= 11 is 0. The van der Waals surface area contributed by atoms with E-state index in [0.29, 0.717) is 13.2 Å². The maximum atomic E-state index is 9.19. The van der Waals surface area contributed by atoms with E-state index < -0.39 is 6.10 Å². The maximum absolute atomic E-state index is 9.19. The predicted molar refractivity (Wildman–Crippen MR) is 50.4 cm³/mol. The molecular formula is C10H16NO2+. The van der Waals surface area contributed by atoms with Crippen LogP contribution in [0, 0.1) is 6.92 Å². The van der Waals surface area contributed by atoms with Crippen molar-refractivity contribution in [3.63, 3.8) is 0 Å². The third kappa shape index (κ3) is 3.44. The van der Waals surface area contributed by atoms with Crippen molar-refractivity contribution in [2.24, 2.45) is 0 Å². The minimum atomic E-state index is -0.471. The van der Waals surface area contributed by atoms with Gasteiger partial charge in [-0.25, -0.2) is 0 Å². The topological polar surface area (TPSA) is 57.1 Å². The van der Waals surface area contributed by atoms with Crippen molar-refractivity contribution in [1.82, 2.24) is 0 Å². The van der Waals surface area contributed by atoms with E-state index in [-0.39, 0.29) is 0 Å². The molecule has 0 unspecified atom stereocenters. The second kappa shape index (κ2) is 4.84. The van der Waals surface area contributed by atoms with Gasteiger partial charge in [-0.15, -0.1) is 0 Å². The Labute approximate surface area is 78.1 Å². The summed E-state index contributed by atoms with van der Waals surface area (Å²) in [5.41, 5.74) is 4.78. The Hall–Kier alpha value is -1.06. The second-order valence-corrected chi connectivity index (χ2v) is 3.07. The van der Waals surface area contributed by atoms with Crippen LogP contribution in [-0.4, -0.2) is 24.4 Å². The fourth-order valence-electron chi connectivity index (χ4n) is 0.910. The molecule has 4 N–H and O–H groups in total. The summed E-state index contributed by atoms with van der Waals surface area (Å²) < 4.78 is 5.32. The monoisotopic (exact) mass is 182 g/mol. The van der Waals surface area contributed by atoms with E-state index in [2.05, 4.69) is 5.73 Å². The number of hydrogen-bond donors (Lipinski definition) is 2. The molecule has 1 aromatic carbocycles. The zero-order chi connectivity index (χ0) is 9.68. The normalized spacial score (nSPS) is 12.5. The minimum absolute atomic E-state index is 0.312. The van der Waals surface area contributed by atoms with Crippen LogP contribution in [-0.2, 0) is 0 Å². The number of aliphatic hydroxyl groups excluding tert-OH is 1. The molecule has 13 heavy (non-hydrogen) atoms. The first-order chi connectivity index (χ1) is 6.22. The van der Waals surface area contributed by atoms with Gasteiger partial charge in [-0.2, -0.15) is 0 Å². The molecule has 0 aliphatic heterocycles. The standard InChI is InChI=1S/C10H15NO2/c1-8-2-4-10(5-3-8)13-7-9(12)6-11/h2-5,9,12H,6-7,11H2,1H3/p+1/t9-/m1/s1. The quantitative estimate of drug-likeness (QED) is 0.687. The van der Waals surface area contributed by atoms with Gasteiger partial charge in [0.25, 0.3) is 0 Å². The molecule has 72 valence electrons. The highest BCUT2D eigenvalue weighted by Crippen LogP contribution is 2.11. The van der Waals surface area contributed by atoms with Gasteiger partial charge in [-0.3, -0.25) is 0 Å². The van der Waals surface area contributed by atoms with Gasteiger partial charge in [0.05, 0.1) is 0 Å². The van der Waals surface area contributed by atoms with Crippen molar-refractivity contribution >= 4 is 0 Å². The molecule has 0 spiro atoms. The zero-order valence-corrected chi connectivity index (χ0v) is 7.86. The summed E-state index contributed by atoms with van der Waals surface area (Å²) in [5, 5.41) is 9.19. The van der Waals surface area contributed by atoms with Gasteiger partial charge in [0.15, 0.2) is 0 Å². The van der Waals surface area contributed by atoms with Gasteiger partial charge in [0.1, 0.15) is 25.0 Å². The van der Waals surface area contributed by atoms with Crippen LogP contribution in [0.1, 0.15) is 5.56 Å². The second-order valence-electron chi connectivity index (χ2n) is 3.07. The molecule has 0 aromatic heterocycles. The summed E-state index contributed by atoms with van der Waals surface area (Å²) in [5.74, 6) is 0.790. The molecule has 1 aromatic rings. The van der Waals surface area contributed by atoms with Gasteiger partial charge in [0.2, 0.25) is 0 Å². The number of rotatable bonds is 4. The average molecular weight is 182 g/mol. The van der Waals surface area contributed by atoms with Crippen molar-refractivity contribution < 1.29 is 15.6 Å². The van der Waals surface area contributed by atoms with Gasteiger partial charge in [-0.1, -0.05) is 17.7 Å². The Balaban J connectivity index is 2.41. The smallest absolute Gasteiger partial charge is 0.136 e. The van der Waals surface area contributed by atoms with Crippen molar-refractivity contribution in [3.8, 4) is 5.75 Å². The van der Waals surface area contributed by atoms with Crippen LogP contribution in [0.2, 0.25) is 0 Å². The highest BCUT2D eigenvalue weighted by Gasteiger charge is 2.03. The molecule has 0 heterocycles. The number of aliphatic hydroxyl groups is 1. The van der Waals surface area contributed by atoms with E-state index in [1.54, 1.807) is 0 Å². The highest BCUT2D eigenvalue weighted by atomic mass is 16.5. The summed E-state index contributed by atoms with van der Waals surface area (Å²) in [4.78, 5) is 0. The average Bonchev–Trinajstić information content (AvgIpc) is 2.16. The Kier molecular flexibility index (Phi) is 3.73. The van der Waals surface area contributed by atoms with Crippen LogP contribution in [0.4, 0.5) is 0 Å². The van der Waals surface area contributed by atoms with Crippen molar-refractivity contribution in [2.45, 2.75) is 13.0 Å². The molecule has 3 nitrogen and oxygen atoms in total. The number of hydrogen-bond acceptors (Lipinski definition) is 2. The Morgan fingerprint density at radius 2 is 2.00 bits per heavy atom. The number of ether oxygens (including phenoxy) is 1. The third-order valence-corrected chi connectivity index (χ3v) is 1.80. The molecule has 0 bridgehead atoms. The summed E-state index contributed by atoms with van der Waals surface area (Å²) in [6.07, 6.45) is -0.471. The zero-order valence-electron chi connectivity index (χ0n) is 7.86. The van der Waals surface area contributed by atoms with Crippen LogP contribution < -0.4 is 10.5 Å². The Morgan fingerprint density at radius 3 is 2.54 bits per heavy atom. The van der Waals surface area contributed by atoms with Gasteiger partial charge >= 0.3 is 0 Å². The molecule has 3 heteroatoms. The van der Waals surface area contributed by atoms with E-state index >= 15 is 0 Å². The van der Waals surface area contributed by atoms with E-state index in [1.807, 2.05) is 31.2 Å². The maximum Gasteiger partial charge on any atom is 0.136 e. The fourth-order valence-corrected chi connectivity index (χ4v) is 0.910. The number of benzene rings is 1. The molecular weight excluding hydrogens is 166 g/mol. The largest absolute Gasteiger partial charge is 0.491 e. The van der Waals surface area contributed by atoms with E-state index in [4.69, 9.17) is 4.74 Å². The molecule has 0 saturated heterocycles. The lowest BCUT2D eigenvalue weighted by Crippen LogP contribution is -2.56. The van der Waals surface area contributed by atoms with Gasteiger partial charge in [-0.05, 0) is 19.1 Å². The van der Waals surface area contributed by atoms with Crippen molar-refractivity contribution in [2.75, 3.05) is 13.2 Å². The first kappa shape index (κ1) is 10.0. The Bertz CT molecular complexity index is 246. The van der Waals surface area contributed by atoms with Crippen LogP contribution in [0.5, 0.6) is 5.75 Å². The lowest BCUT2D eigenvalue weighted by Gasteiger charge is -2.08. The molecule has 0 aliphatic rings. The van der Waals surface area contributed by atoms with Crippen molar-refractivity contribution in [3.05, 3.63) is 29.8 Å². The summed E-state index contributed by atoms with van der Waals surface area (Å²) in [7, 11) is 0. The van der Waals surface area contributed by atoms with Crippen molar-refractivity contribution in [1.29, 1.82) is 0 Å². The van der Waals surface area contributed by atoms with E-state index in [0.717, 1.165) is 5.75 Å². The van der Waals surface area contributed by atoms with Crippen LogP contribution >= 0.6 is 0 Å². The summed E-state index contributed by atoms with van der Waals surface area (Å²) in [6, 6.07) is 7.74. The minimum Gasteiger partial charge on any atom is -0.491 e. The van der Waals surface area contributed by atoms with Crippen LogP contribution in [0.25, 0.3) is 0 Å². The molecule has 0 aliphatic carbocycles. The molecule has 0 saturated carbocycles. The lowest BCUT2D eigenvalue weighted by molar-refractivity contribution is -0.384. The van der Waals surface area contributed by atoms with Crippen LogP contribution in [0.15, 0.2) is 24.3 Å². The highest BCUT2D eigenvalue weighted by molar-refractivity contribution is 5.26. The number of quaternary nitrogens is 1. The predicted octanol–water partition coefficient (Wildman–Crippen LogP) is -0.0234. The van der Waals surface area contributed by atoms with E-state index in [9.17, 15) is 5.11 Å².